The van der Waals surface area contributed by atoms with Gasteiger partial charge in [-0.25, -0.2) is 0 Å². The number of amides is 1. The maximum absolute atomic E-state index is 12.7. The molecule has 1 saturated heterocycles. The number of nitrogens with one attached hydrogen (secondary N) is 1. The van der Waals surface area contributed by atoms with Crippen LogP contribution in [0.1, 0.15) is 46.8 Å². The number of likely N-dealkylation sites (tertiary alicyclic amines) is 1. The fourth-order valence-corrected chi connectivity index (χ4v) is 4.85. The van der Waals surface area contributed by atoms with Crippen molar-refractivity contribution >= 4 is 22.5 Å². The SMILES string of the molecule is CCc1ccccc1C1(O)CCN(C(=O)c2ccc(NC)cc2)CC1.CO.Cc1cccc2cccnc12. The third kappa shape index (κ3) is 6.77. The smallest absolute Gasteiger partial charge is 0.253 e. The van der Waals surface area contributed by atoms with Crippen molar-refractivity contribution in [3.8, 4) is 0 Å². The molecule has 3 aromatic carbocycles. The zero-order chi connectivity index (χ0) is 27.5. The number of hydrogen-bond acceptors (Lipinski definition) is 5. The molecule has 2 heterocycles. The number of pyridine rings is 1. The fourth-order valence-electron chi connectivity index (χ4n) is 4.85. The van der Waals surface area contributed by atoms with Crippen molar-refractivity contribution < 1.29 is 15.0 Å². The maximum atomic E-state index is 12.7. The minimum atomic E-state index is -0.834. The van der Waals surface area contributed by atoms with Crippen LogP contribution in [0.25, 0.3) is 10.9 Å². The Labute approximate surface area is 226 Å². The minimum absolute atomic E-state index is 0.0356. The van der Waals surface area contributed by atoms with Crippen LogP contribution in [0.2, 0.25) is 0 Å². The zero-order valence-corrected chi connectivity index (χ0v) is 22.8. The van der Waals surface area contributed by atoms with Gasteiger partial charge in [0.15, 0.2) is 0 Å². The topological polar surface area (TPSA) is 85.7 Å². The van der Waals surface area contributed by atoms with E-state index in [0.29, 0.717) is 31.5 Å². The Morgan fingerprint density at radius 1 is 0.947 bits per heavy atom. The average molecular weight is 514 g/mol. The largest absolute Gasteiger partial charge is 0.400 e. The van der Waals surface area contributed by atoms with Crippen LogP contribution in [0.3, 0.4) is 0 Å². The number of aliphatic hydroxyl groups is 2. The van der Waals surface area contributed by atoms with E-state index in [4.69, 9.17) is 5.11 Å². The predicted octanol–water partition coefficient (Wildman–Crippen LogP) is 5.57. The molecule has 0 aliphatic carbocycles. The fraction of sp³-hybridized carbons (Fsp3) is 0.312. The first-order chi connectivity index (χ1) is 18.4. The molecule has 0 radical (unpaired) electrons. The van der Waals surface area contributed by atoms with Gasteiger partial charge in [0.25, 0.3) is 5.91 Å². The van der Waals surface area contributed by atoms with Crippen molar-refractivity contribution in [1.29, 1.82) is 0 Å². The third-order valence-corrected chi connectivity index (χ3v) is 7.03. The summed E-state index contributed by atoms with van der Waals surface area (Å²) < 4.78 is 0. The zero-order valence-electron chi connectivity index (χ0n) is 22.8. The lowest BCUT2D eigenvalue weighted by Gasteiger charge is -2.39. The number of carbonyl (C=O) groups is 1. The molecule has 0 atom stereocenters. The van der Waals surface area contributed by atoms with Gasteiger partial charge >= 0.3 is 0 Å². The van der Waals surface area contributed by atoms with Crippen molar-refractivity contribution in [2.45, 2.75) is 38.7 Å². The van der Waals surface area contributed by atoms with Crippen LogP contribution in [-0.2, 0) is 12.0 Å². The molecule has 1 aliphatic heterocycles. The molecule has 1 fully saturated rings. The van der Waals surface area contributed by atoms with Gasteiger partial charge in [0, 0.05) is 50.1 Å². The van der Waals surface area contributed by atoms with E-state index in [9.17, 15) is 9.90 Å². The van der Waals surface area contributed by atoms with E-state index in [-0.39, 0.29) is 5.91 Å². The highest BCUT2D eigenvalue weighted by Crippen LogP contribution is 2.35. The van der Waals surface area contributed by atoms with E-state index in [0.717, 1.165) is 30.3 Å². The van der Waals surface area contributed by atoms with Crippen molar-refractivity contribution in [3.63, 3.8) is 0 Å². The normalized spacial score (nSPS) is 14.0. The molecule has 5 rings (SSSR count). The second-order valence-corrected chi connectivity index (χ2v) is 9.31. The Bertz CT molecular complexity index is 1310. The number of benzene rings is 3. The average Bonchev–Trinajstić information content (AvgIpc) is 2.99. The first-order valence-corrected chi connectivity index (χ1v) is 13.1. The number of nitrogens with zero attached hydrogens (tertiary/aromatic N) is 2. The van der Waals surface area contributed by atoms with Gasteiger partial charge in [-0.1, -0.05) is 55.5 Å². The summed E-state index contributed by atoms with van der Waals surface area (Å²) >= 11 is 0. The number of carbonyl (C=O) groups excluding carboxylic acids is 1. The summed E-state index contributed by atoms with van der Waals surface area (Å²) in [7, 11) is 2.86. The summed E-state index contributed by atoms with van der Waals surface area (Å²) in [6, 6.07) is 25.9. The van der Waals surface area contributed by atoms with Gasteiger partial charge in [-0.3, -0.25) is 9.78 Å². The second kappa shape index (κ2) is 13.7. The second-order valence-electron chi connectivity index (χ2n) is 9.31. The number of fused-ring (bicyclic) bond motifs is 1. The molecule has 1 amide bonds. The Balaban J connectivity index is 0.000000255. The van der Waals surface area contributed by atoms with Gasteiger partial charge in [-0.05, 0) is 73.2 Å². The molecular weight excluding hydrogens is 474 g/mol. The standard InChI is InChI=1S/C21H26N2O2.C10H9N.CH4O/c1-3-16-6-4-5-7-19(16)21(25)12-14-23(15-13-21)20(24)17-8-10-18(22-2)11-9-17;1-8-4-2-5-9-6-3-7-11-10(8)9;1-2/h4-11,22,25H,3,12-15H2,1-2H3;2-7H,1H3;2H,1H3. The number of rotatable bonds is 4. The molecular formula is C32H39N3O3. The quantitative estimate of drug-likeness (QED) is 0.332. The summed E-state index contributed by atoms with van der Waals surface area (Å²) in [5.41, 5.74) is 5.40. The minimum Gasteiger partial charge on any atom is -0.400 e. The molecule has 38 heavy (non-hydrogen) atoms. The molecule has 0 bridgehead atoms. The summed E-state index contributed by atoms with van der Waals surface area (Å²) in [5.74, 6) is 0.0356. The molecule has 3 N–H and O–H groups in total. The Morgan fingerprint density at radius 2 is 1.61 bits per heavy atom. The number of para-hydroxylation sites is 1. The van der Waals surface area contributed by atoms with E-state index in [2.05, 4.69) is 54.5 Å². The third-order valence-electron chi connectivity index (χ3n) is 7.03. The highest BCUT2D eigenvalue weighted by Gasteiger charge is 2.36. The maximum Gasteiger partial charge on any atom is 0.253 e. The van der Waals surface area contributed by atoms with Crippen LogP contribution in [0.4, 0.5) is 5.69 Å². The Kier molecular flexibility index (Phi) is 10.4. The van der Waals surface area contributed by atoms with Crippen molar-refractivity contribution in [2.24, 2.45) is 0 Å². The first kappa shape index (κ1) is 28.8. The van der Waals surface area contributed by atoms with Gasteiger partial charge < -0.3 is 20.4 Å². The summed E-state index contributed by atoms with van der Waals surface area (Å²) in [6.45, 7) is 5.33. The number of aryl methyl sites for hydroxylation is 2. The molecule has 1 aromatic heterocycles. The van der Waals surface area contributed by atoms with Gasteiger partial charge in [0.1, 0.15) is 0 Å². The van der Waals surface area contributed by atoms with Crippen molar-refractivity contribution in [3.05, 3.63) is 107 Å². The summed E-state index contributed by atoms with van der Waals surface area (Å²) in [6.07, 6.45) is 3.88. The Morgan fingerprint density at radius 3 is 2.24 bits per heavy atom. The predicted molar refractivity (Wildman–Crippen MR) is 155 cm³/mol. The highest BCUT2D eigenvalue weighted by atomic mass is 16.3. The van der Waals surface area contributed by atoms with E-state index in [1.807, 2.05) is 66.7 Å². The molecule has 6 heteroatoms. The lowest BCUT2D eigenvalue weighted by Crippen LogP contribution is -2.45. The van der Waals surface area contributed by atoms with Crippen molar-refractivity contribution in [1.82, 2.24) is 9.88 Å². The van der Waals surface area contributed by atoms with Crippen LogP contribution in [-0.4, -0.2) is 53.3 Å². The monoisotopic (exact) mass is 513 g/mol. The van der Waals surface area contributed by atoms with E-state index in [1.165, 1.54) is 16.5 Å². The van der Waals surface area contributed by atoms with Crippen LogP contribution >= 0.6 is 0 Å². The van der Waals surface area contributed by atoms with Gasteiger partial charge in [-0.15, -0.1) is 0 Å². The molecule has 1 aliphatic rings. The highest BCUT2D eigenvalue weighted by molar-refractivity contribution is 5.94. The van der Waals surface area contributed by atoms with Crippen LogP contribution in [0, 0.1) is 6.92 Å². The van der Waals surface area contributed by atoms with Crippen LogP contribution in [0.15, 0.2) is 85.1 Å². The van der Waals surface area contributed by atoms with Crippen LogP contribution in [0.5, 0.6) is 0 Å². The number of aliphatic hydroxyl groups excluding tert-OH is 1. The number of piperidine rings is 1. The first-order valence-electron chi connectivity index (χ1n) is 13.1. The van der Waals surface area contributed by atoms with E-state index < -0.39 is 5.60 Å². The van der Waals surface area contributed by atoms with Gasteiger partial charge in [0.2, 0.25) is 0 Å². The number of aromatic nitrogens is 1. The van der Waals surface area contributed by atoms with E-state index >= 15 is 0 Å². The summed E-state index contributed by atoms with van der Waals surface area (Å²) in [5, 5.41) is 22.4. The van der Waals surface area contributed by atoms with Crippen LogP contribution < -0.4 is 5.32 Å². The molecule has 0 spiro atoms. The molecule has 4 aromatic rings. The molecule has 200 valence electrons. The van der Waals surface area contributed by atoms with Gasteiger partial charge in [0.05, 0.1) is 11.1 Å². The van der Waals surface area contributed by atoms with E-state index in [1.54, 1.807) is 0 Å². The lowest BCUT2D eigenvalue weighted by molar-refractivity contribution is -0.0217. The number of anilines is 1. The lowest BCUT2D eigenvalue weighted by atomic mass is 9.81. The number of hydrogen-bond donors (Lipinski definition) is 3. The van der Waals surface area contributed by atoms with Crippen molar-refractivity contribution in [2.75, 3.05) is 32.6 Å². The Hall–Kier alpha value is -3.74. The molecule has 0 unspecified atom stereocenters. The summed E-state index contributed by atoms with van der Waals surface area (Å²) in [4.78, 5) is 18.8. The van der Waals surface area contributed by atoms with Gasteiger partial charge in [-0.2, -0.15) is 0 Å². The molecule has 6 nitrogen and oxygen atoms in total. The molecule has 0 saturated carbocycles.